The monoisotopic (exact) mass is 338 g/mol. The summed E-state index contributed by atoms with van der Waals surface area (Å²) >= 11 is 12.5. The van der Waals surface area contributed by atoms with Gasteiger partial charge in [0.1, 0.15) is 0 Å². The van der Waals surface area contributed by atoms with Gasteiger partial charge in [-0.25, -0.2) is 0 Å². The van der Waals surface area contributed by atoms with Crippen LogP contribution in [0.4, 0.5) is 0 Å². The van der Waals surface area contributed by atoms with E-state index in [1.807, 2.05) is 11.0 Å². The van der Waals surface area contributed by atoms with Crippen molar-refractivity contribution in [2.75, 3.05) is 19.6 Å². The molecular formula is C17H20Cl2N2O. The van der Waals surface area contributed by atoms with Crippen molar-refractivity contribution in [1.29, 1.82) is 0 Å². The number of halogens is 2. The van der Waals surface area contributed by atoms with Gasteiger partial charge in [-0.1, -0.05) is 23.2 Å². The van der Waals surface area contributed by atoms with Crippen LogP contribution in [0.3, 0.4) is 0 Å². The highest BCUT2D eigenvalue weighted by Crippen LogP contribution is 2.58. The van der Waals surface area contributed by atoms with Crippen LogP contribution in [0.2, 0.25) is 10.0 Å². The summed E-state index contributed by atoms with van der Waals surface area (Å²) < 4.78 is 0. The summed E-state index contributed by atoms with van der Waals surface area (Å²) in [5.41, 5.74) is 2.51. The third kappa shape index (κ3) is 2.17. The molecule has 1 saturated carbocycles. The highest BCUT2D eigenvalue weighted by Gasteiger charge is 2.60. The molecule has 1 aromatic rings. The molecule has 1 aliphatic carbocycles. The van der Waals surface area contributed by atoms with E-state index in [4.69, 9.17) is 23.2 Å². The first kappa shape index (κ1) is 14.8. The molecule has 0 bridgehead atoms. The van der Waals surface area contributed by atoms with Crippen molar-refractivity contribution < 1.29 is 4.79 Å². The van der Waals surface area contributed by atoms with Crippen molar-refractivity contribution in [3.63, 3.8) is 0 Å². The Morgan fingerprint density at radius 3 is 2.95 bits per heavy atom. The van der Waals surface area contributed by atoms with Crippen molar-refractivity contribution in [3.05, 3.63) is 33.3 Å². The van der Waals surface area contributed by atoms with Crippen molar-refractivity contribution >= 4 is 29.1 Å². The standard InChI is InChI=1S/C17H20Cl2N2O/c1-10-15-11(6-12(18)7-14(15)19)2-5-21(10)16(22)13-8-17(13)3-4-20-9-17/h6-7,10,13,20H,2-5,8-9H2,1H3/t10-,13?,17?/m0/s1. The molecule has 1 amide bonds. The molecule has 1 N–H and O–H groups in total. The first-order valence-corrected chi connectivity index (χ1v) is 8.76. The maximum absolute atomic E-state index is 12.9. The molecule has 3 aliphatic rings. The maximum Gasteiger partial charge on any atom is 0.226 e. The number of nitrogens with one attached hydrogen (secondary N) is 1. The fourth-order valence-corrected chi connectivity index (χ4v) is 5.03. The summed E-state index contributed by atoms with van der Waals surface area (Å²) in [7, 11) is 0. The maximum atomic E-state index is 12.9. The minimum atomic E-state index is 0.0352. The first-order chi connectivity index (χ1) is 10.5. The van der Waals surface area contributed by atoms with E-state index in [1.165, 1.54) is 5.56 Å². The highest BCUT2D eigenvalue weighted by molar-refractivity contribution is 6.35. The molecule has 0 aromatic heterocycles. The first-order valence-electron chi connectivity index (χ1n) is 8.01. The Bertz CT molecular complexity index is 640. The number of fused-ring (bicyclic) bond motifs is 1. The minimum absolute atomic E-state index is 0.0352. The lowest BCUT2D eigenvalue weighted by atomic mass is 9.92. The second-order valence-electron chi connectivity index (χ2n) is 6.96. The smallest absolute Gasteiger partial charge is 0.226 e. The Kier molecular flexibility index (Phi) is 3.44. The second kappa shape index (κ2) is 5.12. The molecule has 5 heteroatoms. The zero-order valence-electron chi connectivity index (χ0n) is 12.7. The van der Waals surface area contributed by atoms with Crippen molar-refractivity contribution in [1.82, 2.24) is 10.2 Å². The minimum Gasteiger partial charge on any atom is -0.335 e. The number of nitrogens with zero attached hydrogens (tertiary/aromatic N) is 1. The molecule has 1 spiro atoms. The molecule has 3 atom stereocenters. The number of rotatable bonds is 1. The van der Waals surface area contributed by atoms with Gasteiger partial charge < -0.3 is 10.2 Å². The van der Waals surface area contributed by atoms with Gasteiger partial charge in [-0.3, -0.25) is 4.79 Å². The Labute approximate surface area is 141 Å². The molecule has 118 valence electrons. The van der Waals surface area contributed by atoms with Gasteiger partial charge >= 0.3 is 0 Å². The lowest BCUT2D eigenvalue weighted by Crippen LogP contribution is -2.41. The molecule has 2 heterocycles. The molecule has 2 unspecified atom stereocenters. The number of carbonyl (C=O) groups excluding carboxylic acids is 1. The lowest BCUT2D eigenvalue weighted by molar-refractivity contribution is -0.136. The van der Waals surface area contributed by atoms with Crippen molar-refractivity contribution in [2.24, 2.45) is 11.3 Å². The van der Waals surface area contributed by atoms with Crippen LogP contribution in [0.1, 0.15) is 36.9 Å². The topological polar surface area (TPSA) is 32.3 Å². The molecule has 2 fully saturated rings. The summed E-state index contributed by atoms with van der Waals surface area (Å²) in [4.78, 5) is 15.0. The van der Waals surface area contributed by atoms with Gasteiger partial charge in [-0.05, 0) is 61.4 Å². The fourth-order valence-electron chi connectivity index (χ4n) is 4.34. The molecule has 0 radical (unpaired) electrons. The van der Waals surface area contributed by atoms with Crippen LogP contribution >= 0.6 is 23.2 Å². The number of benzene rings is 1. The normalized spacial score (nSPS) is 33.1. The van der Waals surface area contributed by atoms with Gasteiger partial charge in [0.25, 0.3) is 0 Å². The van der Waals surface area contributed by atoms with E-state index in [2.05, 4.69) is 12.2 Å². The van der Waals surface area contributed by atoms with Crippen LogP contribution in [0.15, 0.2) is 12.1 Å². The molecular weight excluding hydrogens is 319 g/mol. The fraction of sp³-hybridized carbons (Fsp3) is 0.588. The average molecular weight is 339 g/mol. The van der Waals surface area contributed by atoms with Crippen molar-refractivity contribution in [2.45, 2.75) is 32.2 Å². The Balaban J connectivity index is 1.58. The second-order valence-corrected chi connectivity index (χ2v) is 7.81. The van der Waals surface area contributed by atoms with Crippen LogP contribution in [0, 0.1) is 11.3 Å². The van der Waals surface area contributed by atoms with E-state index in [0.29, 0.717) is 16.0 Å². The van der Waals surface area contributed by atoms with E-state index >= 15 is 0 Å². The Morgan fingerprint density at radius 1 is 1.41 bits per heavy atom. The average Bonchev–Trinajstić information content (AvgIpc) is 2.95. The summed E-state index contributed by atoms with van der Waals surface area (Å²) in [5, 5.41) is 4.75. The van der Waals surface area contributed by atoms with E-state index in [-0.39, 0.29) is 17.4 Å². The molecule has 1 aromatic carbocycles. The highest BCUT2D eigenvalue weighted by atomic mass is 35.5. The molecule has 1 saturated heterocycles. The predicted octanol–water partition coefficient (Wildman–Crippen LogP) is 3.44. The number of hydrogen-bond acceptors (Lipinski definition) is 2. The van der Waals surface area contributed by atoms with Crippen molar-refractivity contribution in [3.8, 4) is 0 Å². The van der Waals surface area contributed by atoms with Crippen LogP contribution in [0.5, 0.6) is 0 Å². The van der Waals surface area contributed by atoms with E-state index in [1.54, 1.807) is 6.07 Å². The number of amides is 1. The number of hydrogen-bond donors (Lipinski definition) is 1. The largest absolute Gasteiger partial charge is 0.335 e. The van der Waals surface area contributed by atoms with Gasteiger partial charge in [-0.2, -0.15) is 0 Å². The third-order valence-corrected chi connectivity index (χ3v) is 6.27. The summed E-state index contributed by atoms with van der Waals surface area (Å²) in [6.07, 6.45) is 3.02. The quantitative estimate of drug-likeness (QED) is 0.850. The van der Waals surface area contributed by atoms with Crippen LogP contribution in [-0.4, -0.2) is 30.4 Å². The van der Waals surface area contributed by atoms with E-state index in [9.17, 15) is 4.79 Å². The van der Waals surface area contributed by atoms with Gasteiger partial charge in [0.2, 0.25) is 5.91 Å². The van der Waals surface area contributed by atoms with Gasteiger partial charge in [0, 0.05) is 29.1 Å². The third-order valence-electron chi connectivity index (χ3n) is 5.73. The van der Waals surface area contributed by atoms with Crippen LogP contribution < -0.4 is 5.32 Å². The van der Waals surface area contributed by atoms with Gasteiger partial charge in [0.15, 0.2) is 0 Å². The predicted molar refractivity (Wildman–Crippen MR) is 88.3 cm³/mol. The molecule has 4 rings (SSSR count). The summed E-state index contributed by atoms with van der Waals surface area (Å²) in [6, 6.07) is 3.81. The zero-order chi connectivity index (χ0) is 15.5. The van der Waals surface area contributed by atoms with Crippen LogP contribution in [-0.2, 0) is 11.2 Å². The van der Waals surface area contributed by atoms with Gasteiger partial charge in [-0.15, -0.1) is 0 Å². The molecule has 22 heavy (non-hydrogen) atoms. The lowest BCUT2D eigenvalue weighted by Gasteiger charge is -2.36. The number of carbonyl (C=O) groups is 1. The SMILES string of the molecule is C[C@H]1c2c(Cl)cc(Cl)cc2CCN1C(=O)C1CC12CCNC2. The summed E-state index contributed by atoms with van der Waals surface area (Å²) in [5.74, 6) is 0.519. The Hall–Kier alpha value is -0.770. The zero-order valence-corrected chi connectivity index (χ0v) is 14.2. The molecule has 2 aliphatic heterocycles. The van der Waals surface area contributed by atoms with E-state index in [0.717, 1.165) is 44.5 Å². The van der Waals surface area contributed by atoms with Crippen LogP contribution in [0.25, 0.3) is 0 Å². The summed E-state index contributed by atoms with van der Waals surface area (Å²) in [6.45, 7) is 4.90. The van der Waals surface area contributed by atoms with E-state index < -0.39 is 0 Å². The van der Waals surface area contributed by atoms with Gasteiger partial charge in [0.05, 0.1) is 6.04 Å². The molecule has 3 nitrogen and oxygen atoms in total. The Morgan fingerprint density at radius 2 is 2.23 bits per heavy atom.